The second-order valence-electron chi connectivity index (χ2n) is 9.17. The molecular formula is C27H32N2O2. The summed E-state index contributed by atoms with van der Waals surface area (Å²) in [4.78, 5) is 13.0. The van der Waals surface area contributed by atoms with E-state index >= 15 is 0 Å². The van der Waals surface area contributed by atoms with Crippen LogP contribution in [-0.4, -0.2) is 16.4 Å². The highest BCUT2D eigenvalue weighted by atomic mass is 16.6. The van der Waals surface area contributed by atoms with Crippen LogP contribution < -0.4 is 0 Å². The van der Waals surface area contributed by atoms with Crippen molar-refractivity contribution in [2.75, 3.05) is 6.54 Å². The maximum absolute atomic E-state index is 10.9. The minimum Gasteiger partial charge on any atom is -0.295 e. The zero-order valence-electron chi connectivity index (χ0n) is 18.8. The van der Waals surface area contributed by atoms with Crippen LogP contribution in [0.1, 0.15) is 49.4 Å². The number of nitro benzene ring substituents is 1. The van der Waals surface area contributed by atoms with Crippen LogP contribution in [0.4, 0.5) is 5.69 Å². The predicted molar refractivity (Wildman–Crippen MR) is 127 cm³/mol. The average Bonchev–Trinajstić information content (AvgIpc) is 2.74. The molecule has 0 saturated carbocycles. The smallest absolute Gasteiger partial charge is 0.269 e. The van der Waals surface area contributed by atoms with Gasteiger partial charge >= 0.3 is 0 Å². The van der Waals surface area contributed by atoms with Crippen molar-refractivity contribution in [1.29, 1.82) is 0 Å². The summed E-state index contributed by atoms with van der Waals surface area (Å²) in [5.41, 5.74) is 5.35. The van der Waals surface area contributed by atoms with E-state index in [1.807, 2.05) is 18.2 Å². The number of aryl methyl sites for hydroxylation is 1. The van der Waals surface area contributed by atoms with E-state index in [1.54, 1.807) is 12.1 Å². The Hall–Kier alpha value is -2.98. The van der Waals surface area contributed by atoms with E-state index in [-0.39, 0.29) is 16.0 Å². The number of benzene rings is 3. The summed E-state index contributed by atoms with van der Waals surface area (Å²) in [6.45, 7) is 9.28. The van der Waals surface area contributed by atoms with Crippen LogP contribution in [0.2, 0.25) is 0 Å². The number of hydrogen-bond acceptors (Lipinski definition) is 3. The van der Waals surface area contributed by atoms with E-state index in [1.165, 1.54) is 16.7 Å². The monoisotopic (exact) mass is 416 g/mol. The molecule has 3 aromatic carbocycles. The van der Waals surface area contributed by atoms with Crippen molar-refractivity contribution in [3.8, 4) is 0 Å². The number of rotatable bonds is 9. The first kappa shape index (κ1) is 22.7. The highest BCUT2D eigenvalue weighted by molar-refractivity contribution is 5.33. The highest BCUT2D eigenvalue weighted by Gasteiger charge is 2.14. The number of non-ortho nitro benzene ring substituents is 1. The average molecular weight is 417 g/mol. The van der Waals surface area contributed by atoms with Gasteiger partial charge in [0.1, 0.15) is 0 Å². The molecule has 0 heterocycles. The van der Waals surface area contributed by atoms with Crippen molar-refractivity contribution >= 4 is 5.69 Å². The summed E-state index contributed by atoms with van der Waals surface area (Å²) in [5.74, 6) is 0. The minimum atomic E-state index is -0.349. The summed E-state index contributed by atoms with van der Waals surface area (Å²) >= 11 is 0. The fourth-order valence-electron chi connectivity index (χ4n) is 3.72. The van der Waals surface area contributed by atoms with Crippen LogP contribution in [-0.2, 0) is 24.9 Å². The Morgan fingerprint density at radius 1 is 0.774 bits per heavy atom. The van der Waals surface area contributed by atoms with Crippen LogP contribution in [0.3, 0.4) is 0 Å². The van der Waals surface area contributed by atoms with Crippen LogP contribution >= 0.6 is 0 Å². The first-order valence-electron chi connectivity index (χ1n) is 10.9. The summed E-state index contributed by atoms with van der Waals surface area (Å²) < 4.78 is 0. The molecule has 4 nitrogen and oxygen atoms in total. The first-order valence-corrected chi connectivity index (χ1v) is 10.9. The third-order valence-corrected chi connectivity index (χ3v) is 5.56. The Morgan fingerprint density at radius 3 is 1.84 bits per heavy atom. The van der Waals surface area contributed by atoms with Crippen LogP contribution in [0.5, 0.6) is 0 Å². The van der Waals surface area contributed by atoms with Gasteiger partial charge in [0.2, 0.25) is 0 Å². The van der Waals surface area contributed by atoms with Gasteiger partial charge in [-0.3, -0.25) is 15.0 Å². The molecule has 162 valence electrons. The molecule has 3 aromatic rings. The van der Waals surface area contributed by atoms with E-state index in [4.69, 9.17) is 0 Å². The second-order valence-corrected chi connectivity index (χ2v) is 9.17. The molecular weight excluding hydrogens is 384 g/mol. The van der Waals surface area contributed by atoms with E-state index in [2.05, 4.69) is 74.2 Å². The van der Waals surface area contributed by atoms with Crippen molar-refractivity contribution in [3.63, 3.8) is 0 Å². The highest BCUT2D eigenvalue weighted by Crippen LogP contribution is 2.23. The van der Waals surface area contributed by atoms with Crippen molar-refractivity contribution in [1.82, 2.24) is 4.90 Å². The van der Waals surface area contributed by atoms with Gasteiger partial charge in [0.15, 0.2) is 0 Å². The zero-order valence-corrected chi connectivity index (χ0v) is 18.8. The van der Waals surface area contributed by atoms with Gasteiger partial charge in [-0.05, 0) is 47.1 Å². The van der Waals surface area contributed by atoms with E-state index in [0.717, 1.165) is 38.0 Å². The maximum Gasteiger partial charge on any atom is 0.269 e. The Morgan fingerprint density at radius 2 is 1.32 bits per heavy atom. The van der Waals surface area contributed by atoms with Crippen LogP contribution in [0, 0.1) is 10.1 Å². The predicted octanol–water partition coefficient (Wildman–Crippen LogP) is 6.53. The standard InChI is InChI=1S/C27H32N2O2/c1-27(2,3)25-15-11-23(12-16-25)20-28(19-7-10-22-8-5-4-6-9-22)21-24-13-17-26(18-14-24)29(30)31/h4-6,8-9,11-18H,7,10,19-21H2,1-3H3. The molecule has 0 unspecified atom stereocenters. The maximum atomic E-state index is 10.9. The molecule has 0 fully saturated rings. The summed E-state index contributed by atoms with van der Waals surface area (Å²) in [7, 11) is 0. The number of nitro groups is 1. The van der Waals surface area contributed by atoms with Gasteiger partial charge in [0.05, 0.1) is 4.92 Å². The molecule has 0 spiro atoms. The first-order chi connectivity index (χ1) is 14.8. The third-order valence-electron chi connectivity index (χ3n) is 5.56. The summed E-state index contributed by atoms with van der Waals surface area (Å²) in [6, 6.07) is 26.4. The lowest BCUT2D eigenvalue weighted by molar-refractivity contribution is -0.384. The largest absolute Gasteiger partial charge is 0.295 e. The molecule has 3 rings (SSSR count). The fraction of sp³-hybridized carbons (Fsp3) is 0.333. The van der Waals surface area contributed by atoms with E-state index in [9.17, 15) is 10.1 Å². The SMILES string of the molecule is CC(C)(C)c1ccc(CN(CCCc2ccccc2)Cc2ccc([N+](=O)[O-])cc2)cc1. The zero-order chi connectivity index (χ0) is 22.3. The quantitative estimate of drug-likeness (QED) is 0.294. The van der Waals surface area contributed by atoms with E-state index < -0.39 is 0 Å². The van der Waals surface area contributed by atoms with Gasteiger partial charge in [0, 0.05) is 25.2 Å². The lowest BCUT2D eigenvalue weighted by Crippen LogP contribution is -2.24. The molecule has 0 radical (unpaired) electrons. The molecule has 4 heteroatoms. The molecule has 0 aliphatic heterocycles. The summed E-state index contributed by atoms with van der Waals surface area (Å²) in [5, 5.41) is 10.9. The molecule has 0 bridgehead atoms. The Labute approximate surface area is 185 Å². The van der Waals surface area contributed by atoms with Gasteiger partial charge in [-0.1, -0.05) is 87.5 Å². The molecule has 31 heavy (non-hydrogen) atoms. The van der Waals surface area contributed by atoms with Crippen molar-refractivity contribution in [3.05, 3.63) is 111 Å². The molecule has 0 amide bonds. The van der Waals surface area contributed by atoms with Gasteiger partial charge < -0.3 is 0 Å². The fourth-order valence-corrected chi connectivity index (χ4v) is 3.72. The van der Waals surface area contributed by atoms with Crippen molar-refractivity contribution in [2.24, 2.45) is 0 Å². The van der Waals surface area contributed by atoms with Gasteiger partial charge in [-0.2, -0.15) is 0 Å². The Kier molecular flexibility index (Phi) is 7.59. The Balaban J connectivity index is 1.69. The van der Waals surface area contributed by atoms with Gasteiger partial charge in [0.25, 0.3) is 5.69 Å². The third kappa shape index (κ3) is 7.04. The van der Waals surface area contributed by atoms with Crippen LogP contribution in [0.25, 0.3) is 0 Å². The van der Waals surface area contributed by atoms with Gasteiger partial charge in [-0.25, -0.2) is 0 Å². The number of nitrogens with zero attached hydrogens (tertiary/aromatic N) is 2. The number of hydrogen-bond donors (Lipinski definition) is 0. The molecule has 0 atom stereocenters. The van der Waals surface area contributed by atoms with Crippen molar-refractivity contribution < 1.29 is 4.92 Å². The normalized spacial score (nSPS) is 11.6. The molecule has 0 N–H and O–H groups in total. The molecule has 0 aliphatic carbocycles. The van der Waals surface area contributed by atoms with Crippen molar-refractivity contribution in [2.45, 2.75) is 52.1 Å². The lowest BCUT2D eigenvalue weighted by Gasteiger charge is -2.24. The van der Waals surface area contributed by atoms with E-state index in [0.29, 0.717) is 0 Å². The molecule has 0 saturated heterocycles. The summed E-state index contributed by atoms with van der Waals surface area (Å²) in [6.07, 6.45) is 2.11. The minimum absolute atomic E-state index is 0.136. The Bertz CT molecular complexity index is 959. The second kappa shape index (κ2) is 10.4. The lowest BCUT2D eigenvalue weighted by atomic mass is 9.87. The molecule has 0 aromatic heterocycles. The van der Waals surface area contributed by atoms with Gasteiger partial charge in [-0.15, -0.1) is 0 Å². The van der Waals surface area contributed by atoms with Crippen LogP contribution in [0.15, 0.2) is 78.9 Å². The molecule has 0 aliphatic rings. The topological polar surface area (TPSA) is 46.4 Å².